The summed E-state index contributed by atoms with van der Waals surface area (Å²) in [5, 5.41) is -0.455. The van der Waals surface area contributed by atoms with Crippen LogP contribution in [0.15, 0.2) is 6.33 Å². The number of hydrogen-bond donors (Lipinski definition) is 0. The van der Waals surface area contributed by atoms with Crippen molar-refractivity contribution in [3.05, 3.63) is 17.3 Å². The highest BCUT2D eigenvalue weighted by molar-refractivity contribution is 7.16. The molecule has 2 aromatic heterocycles. The first kappa shape index (κ1) is 6.60. The third-order valence-corrected chi connectivity index (χ3v) is 2.10. The Kier molecular flexibility index (Phi) is 1.32. The molecule has 0 atom stereocenters. The van der Waals surface area contributed by atoms with Gasteiger partial charge in [0.15, 0.2) is 0 Å². The molecule has 0 radical (unpaired) electrons. The largest absolute Gasteiger partial charge is 0.271 e. The van der Waals surface area contributed by atoms with Gasteiger partial charge in [0.1, 0.15) is 16.7 Å². The Bertz CT molecular complexity index is 398. The average molecular weight is 169 g/mol. The first-order valence-electron chi connectivity index (χ1n) is 3.01. The van der Waals surface area contributed by atoms with Crippen LogP contribution in [0.1, 0.15) is 5.69 Å². The van der Waals surface area contributed by atoms with Crippen molar-refractivity contribution < 1.29 is 4.39 Å². The summed E-state index contributed by atoms with van der Waals surface area (Å²) in [7, 11) is 0. The van der Waals surface area contributed by atoms with Gasteiger partial charge in [0.05, 0.1) is 5.69 Å². The quantitative estimate of drug-likeness (QED) is 0.600. The van der Waals surface area contributed by atoms with Crippen molar-refractivity contribution in [1.29, 1.82) is 0 Å². The molecule has 0 aromatic carbocycles. The molecule has 0 spiro atoms. The fourth-order valence-corrected chi connectivity index (χ4v) is 1.53. The Morgan fingerprint density at radius 2 is 2.27 bits per heavy atom. The zero-order valence-corrected chi connectivity index (χ0v) is 6.52. The highest BCUT2D eigenvalue weighted by Gasteiger charge is 2.05. The molecule has 0 saturated carbocycles. The third-order valence-electron chi connectivity index (χ3n) is 1.35. The molecule has 2 rings (SSSR count). The maximum atomic E-state index is 12.5. The van der Waals surface area contributed by atoms with E-state index in [0.717, 1.165) is 17.0 Å². The molecule has 3 nitrogen and oxygen atoms in total. The number of nitrogens with zero attached hydrogens (tertiary/aromatic N) is 3. The molecule has 0 bridgehead atoms. The standard InChI is InChI=1S/C6H4FN3S/c1-3-4-5(9-2-8-3)11-6(7)10-4/h2H,1H3. The van der Waals surface area contributed by atoms with E-state index in [2.05, 4.69) is 15.0 Å². The molecule has 2 heterocycles. The number of hydrogen-bond acceptors (Lipinski definition) is 4. The van der Waals surface area contributed by atoms with Crippen LogP contribution in [0.3, 0.4) is 0 Å². The molecular weight excluding hydrogens is 165 g/mol. The second kappa shape index (κ2) is 2.20. The summed E-state index contributed by atoms with van der Waals surface area (Å²) < 4.78 is 12.5. The van der Waals surface area contributed by atoms with E-state index in [1.807, 2.05) is 0 Å². The van der Waals surface area contributed by atoms with Gasteiger partial charge in [0, 0.05) is 0 Å². The molecule has 0 N–H and O–H groups in total. The molecule has 0 fully saturated rings. The molecule has 2 aromatic rings. The monoisotopic (exact) mass is 169 g/mol. The summed E-state index contributed by atoms with van der Waals surface area (Å²) in [5.74, 6) is 0. The zero-order chi connectivity index (χ0) is 7.84. The summed E-state index contributed by atoms with van der Waals surface area (Å²) >= 11 is 0.937. The van der Waals surface area contributed by atoms with Crippen LogP contribution in [0, 0.1) is 12.2 Å². The summed E-state index contributed by atoms with van der Waals surface area (Å²) in [6.07, 6.45) is 1.41. The SMILES string of the molecule is Cc1ncnc2sc(F)nc12. The number of aryl methyl sites for hydroxylation is 1. The average Bonchev–Trinajstić information content (AvgIpc) is 2.31. The molecule has 5 heteroatoms. The Balaban J connectivity index is 2.90. The normalized spacial score (nSPS) is 10.7. The Labute approximate surface area is 65.9 Å². The minimum absolute atomic E-state index is 0.455. The third kappa shape index (κ3) is 0.970. The summed E-state index contributed by atoms with van der Waals surface area (Å²) in [5.41, 5.74) is 1.28. The first-order chi connectivity index (χ1) is 5.27. The molecule has 0 aliphatic rings. The Morgan fingerprint density at radius 3 is 3.00 bits per heavy atom. The van der Waals surface area contributed by atoms with Gasteiger partial charge in [0.2, 0.25) is 0 Å². The van der Waals surface area contributed by atoms with E-state index in [4.69, 9.17) is 0 Å². The van der Waals surface area contributed by atoms with Gasteiger partial charge in [0.25, 0.3) is 5.26 Å². The van der Waals surface area contributed by atoms with Crippen molar-refractivity contribution >= 4 is 21.7 Å². The number of halogens is 1. The van der Waals surface area contributed by atoms with Gasteiger partial charge < -0.3 is 0 Å². The smallest absolute Gasteiger partial charge is 0.239 e. The van der Waals surface area contributed by atoms with E-state index in [0.29, 0.717) is 10.3 Å². The predicted molar refractivity (Wildman–Crippen MR) is 39.9 cm³/mol. The summed E-state index contributed by atoms with van der Waals surface area (Å²) in [6.45, 7) is 1.78. The van der Waals surface area contributed by atoms with Crippen LogP contribution in [0.25, 0.3) is 10.3 Å². The van der Waals surface area contributed by atoms with Crippen LogP contribution in [0.2, 0.25) is 0 Å². The van der Waals surface area contributed by atoms with E-state index in [1.165, 1.54) is 6.33 Å². The fourth-order valence-electron chi connectivity index (χ4n) is 0.839. The number of thiazole rings is 1. The van der Waals surface area contributed by atoms with Crippen molar-refractivity contribution in [2.24, 2.45) is 0 Å². The van der Waals surface area contributed by atoms with Gasteiger partial charge in [-0.1, -0.05) is 11.3 Å². The number of aromatic nitrogens is 3. The van der Waals surface area contributed by atoms with Crippen LogP contribution in [-0.2, 0) is 0 Å². The maximum Gasteiger partial charge on any atom is 0.271 e. The van der Waals surface area contributed by atoms with Crippen molar-refractivity contribution in [3.63, 3.8) is 0 Å². The second-order valence-corrected chi connectivity index (χ2v) is 3.01. The van der Waals surface area contributed by atoms with Gasteiger partial charge >= 0.3 is 0 Å². The zero-order valence-electron chi connectivity index (χ0n) is 5.71. The fraction of sp³-hybridized carbons (Fsp3) is 0.167. The van der Waals surface area contributed by atoms with Gasteiger partial charge in [-0.3, -0.25) is 0 Å². The van der Waals surface area contributed by atoms with Crippen molar-refractivity contribution in [1.82, 2.24) is 15.0 Å². The van der Waals surface area contributed by atoms with Crippen molar-refractivity contribution in [3.8, 4) is 0 Å². The maximum absolute atomic E-state index is 12.5. The molecule has 0 aliphatic heterocycles. The lowest BCUT2D eigenvalue weighted by molar-refractivity contribution is 0.620. The van der Waals surface area contributed by atoms with E-state index in [9.17, 15) is 4.39 Å². The van der Waals surface area contributed by atoms with Gasteiger partial charge in [-0.15, -0.1) is 0 Å². The molecule has 56 valence electrons. The van der Waals surface area contributed by atoms with Crippen molar-refractivity contribution in [2.45, 2.75) is 6.92 Å². The molecule has 11 heavy (non-hydrogen) atoms. The molecule has 0 amide bonds. The van der Waals surface area contributed by atoms with E-state index in [1.54, 1.807) is 6.92 Å². The number of fused-ring (bicyclic) bond motifs is 1. The second-order valence-electron chi connectivity index (χ2n) is 2.08. The lowest BCUT2D eigenvalue weighted by atomic mass is 10.4. The van der Waals surface area contributed by atoms with E-state index in [-0.39, 0.29) is 0 Å². The Hall–Kier alpha value is -1.10. The lowest BCUT2D eigenvalue weighted by Gasteiger charge is -1.88. The van der Waals surface area contributed by atoms with Crippen LogP contribution in [0.5, 0.6) is 0 Å². The van der Waals surface area contributed by atoms with Gasteiger partial charge in [-0.2, -0.15) is 4.39 Å². The molecule has 0 unspecified atom stereocenters. The molecule has 0 aliphatic carbocycles. The molecular formula is C6H4FN3S. The lowest BCUT2D eigenvalue weighted by Crippen LogP contribution is -1.83. The minimum atomic E-state index is -0.455. The number of rotatable bonds is 0. The molecule has 0 saturated heterocycles. The van der Waals surface area contributed by atoms with E-state index < -0.39 is 5.26 Å². The minimum Gasteiger partial charge on any atom is -0.239 e. The predicted octanol–water partition coefficient (Wildman–Crippen LogP) is 1.53. The van der Waals surface area contributed by atoms with Crippen LogP contribution >= 0.6 is 11.3 Å². The van der Waals surface area contributed by atoms with Crippen LogP contribution < -0.4 is 0 Å². The van der Waals surface area contributed by atoms with Crippen LogP contribution in [-0.4, -0.2) is 15.0 Å². The first-order valence-corrected chi connectivity index (χ1v) is 3.82. The topological polar surface area (TPSA) is 38.7 Å². The van der Waals surface area contributed by atoms with Crippen LogP contribution in [0.4, 0.5) is 4.39 Å². The van der Waals surface area contributed by atoms with Gasteiger partial charge in [-0.25, -0.2) is 15.0 Å². The highest BCUT2D eigenvalue weighted by atomic mass is 32.1. The summed E-state index contributed by atoms with van der Waals surface area (Å²) in [6, 6.07) is 0. The highest BCUT2D eigenvalue weighted by Crippen LogP contribution is 2.19. The Morgan fingerprint density at radius 1 is 1.45 bits per heavy atom. The van der Waals surface area contributed by atoms with Gasteiger partial charge in [-0.05, 0) is 6.92 Å². The van der Waals surface area contributed by atoms with Crippen molar-refractivity contribution in [2.75, 3.05) is 0 Å². The van der Waals surface area contributed by atoms with E-state index >= 15 is 0 Å². The summed E-state index contributed by atoms with van der Waals surface area (Å²) in [4.78, 5) is 12.0.